The third kappa shape index (κ3) is 4.04. The van der Waals surface area contributed by atoms with Crippen molar-refractivity contribution in [3.8, 4) is 0 Å². The van der Waals surface area contributed by atoms with Crippen LogP contribution in [-0.2, 0) is 0 Å². The predicted molar refractivity (Wildman–Crippen MR) is 70.0 cm³/mol. The molecular formula is C14H20Si. The molecule has 0 bridgehead atoms. The van der Waals surface area contributed by atoms with Crippen LogP contribution in [0.15, 0.2) is 30.0 Å². The zero-order valence-corrected chi connectivity index (χ0v) is 11.0. The van der Waals surface area contributed by atoms with Crippen LogP contribution in [0.4, 0.5) is 0 Å². The van der Waals surface area contributed by atoms with Crippen LogP contribution in [0, 0.1) is 13.8 Å². The summed E-state index contributed by atoms with van der Waals surface area (Å²) in [5.74, 6) is 0. The fraction of sp³-hybridized carbons (Fsp3) is 0.429. The van der Waals surface area contributed by atoms with Crippen molar-refractivity contribution in [3.63, 3.8) is 0 Å². The van der Waals surface area contributed by atoms with Gasteiger partial charge >= 0.3 is 0 Å². The van der Waals surface area contributed by atoms with Crippen LogP contribution in [0.1, 0.15) is 37.3 Å². The third-order valence-electron chi connectivity index (χ3n) is 2.69. The van der Waals surface area contributed by atoms with E-state index in [1.807, 2.05) is 0 Å². The monoisotopic (exact) mass is 216 g/mol. The Labute approximate surface area is 96.2 Å². The maximum absolute atomic E-state index is 2.33. The number of unbranched alkanes of at least 4 members (excludes halogenated alkanes) is 2. The van der Waals surface area contributed by atoms with Gasteiger partial charge in [0.1, 0.15) is 9.52 Å². The number of hydrogen-bond donors (Lipinski definition) is 0. The van der Waals surface area contributed by atoms with Crippen LogP contribution in [-0.4, -0.2) is 9.52 Å². The first-order valence-corrected chi connectivity index (χ1v) is 6.81. The molecule has 0 fully saturated rings. The van der Waals surface area contributed by atoms with Crippen LogP contribution < -0.4 is 5.19 Å². The molecule has 0 aliphatic heterocycles. The average Bonchev–Trinajstić information content (AvgIpc) is 2.24. The van der Waals surface area contributed by atoms with Crippen LogP contribution >= 0.6 is 0 Å². The fourth-order valence-corrected chi connectivity index (χ4v) is 2.53. The molecule has 80 valence electrons. The summed E-state index contributed by atoms with van der Waals surface area (Å²) in [5.41, 5.74) is 5.19. The summed E-state index contributed by atoms with van der Waals surface area (Å²) >= 11 is 0. The van der Waals surface area contributed by atoms with E-state index in [0.29, 0.717) is 0 Å². The zero-order chi connectivity index (χ0) is 11.1. The summed E-state index contributed by atoms with van der Waals surface area (Å²) in [4.78, 5) is 0. The quantitative estimate of drug-likeness (QED) is 0.523. The van der Waals surface area contributed by atoms with Gasteiger partial charge < -0.3 is 0 Å². The molecule has 0 saturated carbocycles. The standard InChI is InChI=1S/C14H20Si/c1-4-5-6-7-11-15-14-10-8-9-12(2)13(14)3/h7-11H,4-6H2,1-3H3. The van der Waals surface area contributed by atoms with Gasteiger partial charge in [-0.2, -0.15) is 0 Å². The second kappa shape index (κ2) is 6.62. The molecular weight excluding hydrogens is 196 g/mol. The molecule has 1 aromatic rings. The highest BCUT2D eigenvalue weighted by Crippen LogP contribution is 2.02. The molecule has 0 saturated heterocycles. The largest absolute Gasteiger partial charge is 0.111 e. The maximum atomic E-state index is 2.33. The van der Waals surface area contributed by atoms with Gasteiger partial charge in [0.05, 0.1) is 0 Å². The van der Waals surface area contributed by atoms with E-state index in [0.717, 1.165) is 9.52 Å². The Morgan fingerprint density at radius 3 is 2.80 bits per heavy atom. The minimum Gasteiger partial charge on any atom is -0.0973 e. The van der Waals surface area contributed by atoms with Crippen molar-refractivity contribution in [1.29, 1.82) is 0 Å². The van der Waals surface area contributed by atoms with Gasteiger partial charge in [0.25, 0.3) is 0 Å². The predicted octanol–water partition coefficient (Wildman–Crippen LogP) is 3.34. The molecule has 0 amide bonds. The van der Waals surface area contributed by atoms with E-state index < -0.39 is 0 Å². The van der Waals surface area contributed by atoms with Crippen LogP contribution in [0.25, 0.3) is 0 Å². The molecule has 0 unspecified atom stereocenters. The molecule has 0 aliphatic carbocycles. The highest BCUT2D eigenvalue weighted by molar-refractivity contribution is 6.59. The van der Waals surface area contributed by atoms with Crippen molar-refractivity contribution < 1.29 is 0 Å². The van der Waals surface area contributed by atoms with Gasteiger partial charge in [0, 0.05) is 0 Å². The lowest BCUT2D eigenvalue weighted by Gasteiger charge is -2.04. The van der Waals surface area contributed by atoms with Crippen LogP contribution in [0.5, 0.6) is 0 Å². The van der Waals surface area contributed by atoms with Gasteiger partial charge in [-0.3, -0.25) is 0 Å². The third-order valence-corrected chi connectivity index (χ3v) is 3.94. The molecule has 0 atom stereocenters. The molecule has 1 rings (SSSR count). The van der Waals surface area contributed by atoms with Gasteiger partial charge in [-0.05, 0) is 31.4 Å². The number of allylic oxidation sites excluding steroid dienone is 1. The molecule has 0 heterocycles. The summed E-state index contributed by atoms with van der Waals surface area (Å²) < 4.78 is 0. The van der Waals surface area contributed by atoms with Crippen LogP contribution in [0.3, 0.4) is 0 Å². The lowest BCUT2D eigenvalue weighted by atomic mass is 10.1. The van der Waals surface area contributed by atoms with Crippen molar-refractivity contribution in [2.24, 2.45) is 0 Å². The van der Waals surface area contributed by atoms with Gasteiger partial charge in [-0.1, -0.05) is 54.9 Å². The first-order chi connectivity index (χ1) is 7.25. The second-order valence-corrected chi connectivity index (χ2v) is 5.10. The summed E-state index contributed by atoms with van der Waals surface area (Å²) in [7, 11) is 0.830. The number of rotatable bonds is 5. The summed E-state index contributed by atoms with van der Waals surface area (Å²) in [5, 5.41) is 1.49. The van der Waals surface area contributed by atoms with E-state index in [9.17, 15) is 0 Å². The van der Waals surface area contributed by atoms with Gasteiger partial charge in [0.2, 0.25) is 0 Å². The van der Waals surface area contributed by atoms with Gasteiger partial charge in [-0.15, -0.1) is 0 Å². The van der Waals surface area contributed by atoms with E-state index in [-0.39, 0.29) is 0 Å². The Morgan fingerprint density at radius 2 is 2.07 bits per heavy atom. The SMILES string of the molecule is CCCCC=C[Si]c1cccc(C)c1C. The average molecular weight is 216 g/mol. The lowest BCUT2D eigenvalue weighted by molar-refractivity contribution is 0.815. The van der Waals surface area contributed by atoms with E-state index in [4.69, 9.17) is 0 Å². The Balaban J connectivity index is 2.50. The highest BCUT2D eigenvalue weighted by atomic mass is 28.2. The van der Waals surface area contributed by atoms with Crippen molar-refractivity contribution in [1.82, 2.24) is 0 Å². The second-order valence-electron chi connectivity index (χ2n) is 3.94. The fourth-order valence-electron chi connectivity index (χ4n) is 1.46. The van der Waals surface area contributed by atoms with E-state index >= 15 is 0 Å². The number of aryl methyl sites for hydroxylation is 1. The molecule has 0 aliphatic rings. The molecule has 0 nitrogen and oxygen atoms in total. The van der Waals surface area contributed by atoms with Crippen molar-refractivity contribution in [2.45, 2.75) is 40.0 Å². The normalized spacial score (nSPS) is 11.1. The minimum absolute atomic E-state index is 0.830. The first kappa shape index (κ1) is 12.2. The van der Waals surface area contributed by atoms with E-state index in [1.165, 1.54) is 35.6 Å². The van der Waals surface area contributed by atoms with E-state index in [2.05, 4.69) is 50.7 Å². The Kier molecular flexibility index (Phi) is 5.41. The highest BCUT2D eigenvalue weighted by Gasteiger charge is 1.98. The molecule has 1 heteroatoms. The molecule has 0 aromatic heterocycles. The summed E-state index contributed by atoms with van der Waals surface area (Å²) in [6.07, 6.45) is 6.16. The summed E-state index contributed by atoms with van der Waals surface area (Å²) in [6, 6.07) is 6.58. The smallest absolute Gasteiger partial charge is 0.0973 e. The van der Waals surface area contributed by atoms with Gasteiger partial charge in [0.15, 0.2) is 0 Å². The number of benzene rings is 1. The van der Waals surface area contributed by atoms with Gasteiger partial charge in [-0.25, -0.2) is 0 Å². The van der Waals surface area contributed by atoms with Crippen molar-refractivity contribution in [3.05, 3.63) is 41.1 Å². The Bertz CT molecular complexity index is 326. The molecule has 0 N–H and O–H groups in total. The number of hydrogen-bond acceptors (Lipinski definition) is 0. The topological polar surface area (TPSA) is 0 Å². The minimum atomic E-state index is 0.830. The molecule has 0 spiro atoms. The maximum Gasteiger partial charge on any atom is 0.111 e. The van der Waals surface area contributed by atoms with Crippen molar-refractivity contribution in [2.75, 3.05) is 0 Å². The first-order valence-electron chi connectivity index (χ1n) is 5.73. The summed E-state index contributed by atoms with van der Waals surface area (Å²) in [6.45, 7) is 6.64. The molecule has 2 radical (unpaired) electrons. The van der Waals surface area contributed by atoms with E-state index in [1.54, 1.807) is 0 Å². The molecule has 15 heavy (non-hydrogen) atoms. The lowest BCUT2D eigenvalue weighted by Crippen LogP contribution is -2.16. The Morgan fingerprint density at radius 1 is 1.27 bits per heavy atom. The molecule has 1 aromatic carbocycles. The van der Waals surface area contributed by atoms with Crippen molar-refractivity contribution >= 4 is 14.7 Å². The Hall–Kier alpha value is -0.823. The van der Waals surface area contributed by atoms with Crippen LogP contribution in [0.2, 0.25) is 0 Å². The zero-order valence-electron chi connectivity index (χ0n) is 10.0.